The topological polar surface area (TPSA) is 55.8 Å². The molecule has 1 aliphatic heterocycles. The van der Waals surface area contributed by atoms with Crippen molar-refractivity contribution in [1.82, 2.24) is 4.90 Å². The van der Waals surface area contributed by atoms with Crippen molar-refractivity contribution in [3.63, 3.8) is 0 Å². The third kappa shape index (κ3) is 6.96. The van der Waals surface area contributed by atoms with Crippen LogP contribution < -0.4 is 0 Å². The lowest BCUT2D eigenvalue weighted by atomic mass is 9.96. The normalized spacial score (nSPS) is 17.3. The summed E-state index contributed by atoms with van der Waals surface area (Å²) in [4.78, 5) is 27.5. The zero-order valence-corrected chi connectivity index (χ0v) is 21.3. The Morgan fingerprint density at radius 2 is 1.50 bits per heavy atom. The summed E-state index contributed by atoms with van der Waals surface area (Å²) in [6.45, 7) is 11.7. The summed E-state index contributed by atoms with van der Waals surface area (Å²) in [5.41, 5.74) is 1.78. The van der Waals surface area contributed by atoms with Crippen LogP contribution in [0.2, 0.25) is 0 Å². The summed E-state index contributed by atoms with van der Waals surface area (Å²) in [7, 11) is 0. The van der Waals surface area contributed by atoms with Crippen LogP contribution in [0.1, 0.15) is 66.4 Å². The molecule has 1 fully saturated rings. The molecule has 5 heteroatoms. The van der Waals surface area contributed by atoms with Gasteiger partial charge >= 0.3 is 12.1 Å². The molecule has 0 radical (unpaired) electrons. The van der Waals surface area contributed by atoms with Gasteiger partial charge in [-0.25, -0.2) is 4.79 Å². The molecule has 0 N–H and O–H groups in total. The highest BCUT2D eigenvalue weighted by Gasteiger charge is 2.31. The van der Waals surface area contributed by atoms with Gasteiger partial charge in [0.1, 0.15) is 11.4 Å². The van der Waals surface area contributed by atoms with E-state index in [-0.39, 0.29) is 18.1 Å². The summed E-state index contributed by atoms with van der Waals surface area (Å²) in [5.74, 6) is 0.158. The Kier molecular flexibility index (Phi) is 7.86. The van der Waals surface area contributed by atoms with E-state index in [1.54, 1.807) is 4.90 Å². The maximum absolute atomic E-state index is 12.9. The van der Waals surface area contributed by atoms with Gasteiger partial charge in [0, 0.05) is 12.1 Å². The predicted octanol–water partition coefficient (Wildman–Crippen LogP) is 7.07. The molecule has 0 saturated carbocycles. The zero-order valence-electron chi connectivity index (χ0n) is 21.3. The van der Waals surface area contributed by atoms with Gasteiger partial charge in [-0.2, -0.15) is 0 Å². The fourth-order valence-corrected chi connectivity index (χ4v) is 3.75. The Morgan fingerprint density at radius 3 is 2.09 bits per heavy atom. The highest BCUT2D eigenvalue weighted by atomic mass is 16.6. The van der Waals surface area contributed by atoms with Crippen LogP contribution in [-0.4, -0.2) is 35.2 Å². The summed E-state index contributed by atoms with van der Waals surface area (Å²) < 4.78 is 11.6. The largest absolute Gasteiger partial charge is 0.444 e. The predicted molar refractivity (Wildman–Crippen MR) is 136 cm³/mol. The van der Waals surface area contributed by atoms with E-state index < -0.39 is 11.0 Å². The molecule has 0 aromatic heterocycles. The first-order valence-electron chi connectivity index (χ1n) is 12.0. The molecule has 1 unspecified atom stereocenters. The number of benzene rings is 2. The molecular weight excluding hydrogens is 426 g/mol. The molecule has 0 spiro atoms. The molecule has 2 aromatic rings. The lowest BCUT2D eigenvalue weighted by molar-refractivity contribution is -0.145. The fraction of sp³-hybridized carbons (Fsp3) is 0.448. The van der Waals surface area contributed by atoms with Crippen LogP contribution in [0.3, 0.4) is 0 Å². The first-order valence-corrected chi connectivity index (χ1v) is 12.0. The molecule has 1 amide bonds. The summed E-state index contributed by atoms with van der Waals surface area (Å²) in [6.07, 6.45) is 4.28. The number of nitrogens with zero attached hydrogens (tertiary/aromatic N) is 1. The van der Waals surface area contributed by atoms with Crippen molar-refractivity contribution in [3.05, 3.63) is 66.2 Å². The molecule has 1 saturated heterocycles. The summed E-state index contributed by atoms with van der Waals surface area (Å²) >= 11 is 0. The maximum atomic E-state index is 12.9. The molecule has 5 nitrogen and oxygen atoms in total. The van der Waals surface area contributed by atoms with E-state index in [1.165, 1.54) is 0 Å². The van der Waals surface area contributed by atoms with Gasteiger partial charge in [0.25, 0.3) is 0 Å². The number of likely N-dealkylation sites (tertiary alicyclic amines) is 1. The van der Waals surface area contributed by atoms with Gasteiger partial charge in [-0.15, -0.1) is 0 Å². The van der Waals surface area contributed by atoms with Crippen molar-refractivity contribution in [2.75, 3.05) is 6.54 Å². The lowest BCUT2D eigenvalue weighted by Gasteiger charge is -2.35. The van der Waals surface area contributed by atoms with Crippen LogP contribution in [-0.2, 0) is 14.3 Å². The number of carbonyl (C=O) groups excluding carboxylic acids is 2. The van der Waals surface area contributed by atoms with E-state index in [0.29, 0.717) is 12.3 Å². The summed E-state index contributed by atoms with van der Waals surface area (Å²) in [6, 6.07) is 17.9. The van der Waals surface area contributed by atoms with Crippen molar-refractivity contribution < 1.29 is 19.1 Å². The molecule has 1 atom stereocenters. The van der Waals surface area contributed by atoms with E-state index in [1.807, 2.05) is 90.1 Å². The number of amides is 1. The van der Waals surface area contributed by atoms with Gasteiger partial charge < -0.3 is 14.4 Å². The highest BCUT2D eigenvalue weighted by Crippen LogP contribution is 2.29. The average Bonchev–Trinajstić information content (AvgIpc) is 2.78. The monoisotopic (exact) mass is 463 g/mol. The number of esters is 1. The van der Waals surface area contributed by atoms with E-state index >= 15 is 0 Å². The van der Waals surface area contributed by atoms with Crippen LogP contribution >= 0.6 is 0 Å². The van der Waals surface area contributed by atoms with Crippen LogP contribution in [0.15, 0.2) is 60.7 Å². The zero-order chi connectivity index (χ0) is 24.9. The van der Waals surface area contributed by atoms with Gasteiger partial charge in [-0.1, -0.05) is 54.6 Å². The minimum atomic E-state index is -0.652. The van der Waals surface area contributed by atoms with Gasteiger partial charge in [-0.05, 0) is 78.0 Å². The van der Waals surface area contributed by atoms with Gasteiger partial charge in [0.2, 0.25) is 0 Å². The second kappa shape index (κ2) is 10.5. The van der Waals surface area contributed by atoms with E-state index in [9.17, 15) is 9.59 Å². The number of hydrogen-bond donors (Lipinski definition) is 0. The second-order valence-corrected chi connectivity index (χ2v) is 10.9. The molecule has 34 heavy (non-hydrogen) atoms. The lowest BCUT2D eigenvalue weighted by Crippen LogP contribution is -2.45. The van der Waals surface area contributed by atoms with E-state index in [4.69, 9.17) is 9.47 Å². The third-order valence-electron chi connectivity index (χ3n) is 5.61. The molecule has 1 heterocycles. The Labute approximate surface area is 203 Å². The summed E-state index contributed by atoms with van der Waals surface area (Å²) in [5, 5.41) is 0. The number of rotatable bonds is 4. The first kappa shape index (κ1) is 25.5. The standard InChI is InChI=1S/C29H37NO4/c1-28(2,3)26(31)33-25(23-17-15-22(16-18-23)21-12-8-7-9-13-21)20-24-14-10-11-19-30(24)27(32)34-29(4,5)6/h7-9,12-13,15-18,20,24H,10-11,14,19H2,1-6H3/b25-20+. The van der Waals surface area contributed by atoms with Crippen LogP contribution in [0.4, 0.5) is 4.79 Å². The Hall–Kier alpha value is -3.08. The molecule has 1 aliphatic rings. The molecule has 0 bridgehead atoms. The third-order valence-corrected chi connectivity index (χ3v) is 5.61. The SMILES string of the molecule is CC(C)(C)OC(=O)N1CCCCC1/C=C(/OC(=O)C(C)(C)C)c1ccc(-c2ccccc2)cc1. The minimum absolute atomic E-state index is 0.208. The van der Waals surface area contributed by atoms with Gasteiger partial charge in [-0.3, -0.25) is 4.79 Å². The molecule has 2 aromatic carbocycles. The molecule has 182 valence electrons. The van der Waals surface area contributed by atoms with Crippen LogP contribution in [0.5, 0.6) is 0 Å². The Bertz CT molecular complexity index is 1010. The minimum Gasteiger partial charge on any atom is -0.444 e. The fourth-order valence-electron chi connectivity index (χ4n) is 3.75. The van der Waals surface area contributed by atoms with Crippen molar-refractivity contribution in [1.29, 1.82) is 0 Å². The van der Waals surface area contributed by atoms with Gasteiger partial charge in [0.15, 0.2) is 0 Å². The second-order valence-electron chi connectivity index (χ2n) is 10.9. The first-order chi connectivity index (χ1) is 15.9. The van der Waals surface area contributed by atoms with Crippen molar-refractivity contribution in [2.45, 2.75) is 72.4 Å². The van der Waals surface area contributed by atoms with Crippen molar-refractivity contribution >= 4 is 17.8 Å². The highest BCUT2D eigenvalue weighted by molar-refractivity contribution is 5.83. The van der Waals surface area contributed by atoms with Crippen molar-refractivity contribution in [2.24, 2.45) is 5.41 Å². The molecular formula is C29H37NO4. The maximum Gasteiger partial charge on any atom is 0.410 e. The van der Waals surface area contributed by atoms with Gasteiger partial charge in [0.05, 0.1) is 11.5 Å². The number of carbonyl (C=O) groups is 2. The smallest absolute Gasteiger partial charge is 0.410 e. The van der Waals surface area contributed by atoms with Crippen LogP contribution in [0.25, 0.3) is 16.9 Å². The number of hydrogen-bond acceptors (Lipinski definition) is 4. The molecule has 0 aliphatic carbocycles. The van der Waals surface area contributed by atoms with E-state index in [2.05, 4.69) is 12.1 Å². The quantitative estimate of drug-likeness (QED) is 0.359. The van der Waals surface area contributed by atoms with Crippen LogP contribution in [0, 0.1) is 5.41 Å². The Balaban J connectivity index is 1.94. The number of ether oxygens (including phenoxy) is 2. The average molecular weight is 464 g/mol. The molecule has 3 rings (SSSR count). The van der Waals surface area contributed by atoms with E-state index in [0.717, 1.165) is 36.0 Å². The van der Waals surface area contributed by atoms with Crippen molar-refractivity contribution in [3.8, 4) is 11.1 Å². The number of piperidine rings is 1. The Morgan fingerprint density at radius 1 is 0.882 bits per heavy atom.